The molecule has 140 valence electrons. The summed E-state index contributed by atoms with van der Waals surface area (Å²) in [5, 5.41) is 12.2. The van der Waals surface area contributed by atoms with Gasteiger partial charge >= 0.3 is 6.03 Å². The number of nitrogens with zero attached hydrogens (tertiary/aromatic N) is 3. The van der Waals surface area contributed by atoms with Crippen LogP contribution < -0.4 is 16.8 Å². The van der Waals surface area contributed by atoms with Crippen molar-refractivity contribution in [2.45, 2.75) is 37.2 Å². The maximum absolute atomic E-state index is 12.3. The molecular weight excluding hydrogens is 376 g/mol. The van der Waals surface area contributed by atoms with Crippen molar-refractivity contribution < 1.29 is 14.4 Å². The third-order valence-corrected chi connectivity index (χ3v) is 5.77. The zero-order valence-corrected chi connectivity index (χ0v) is 16.0. The first-order valence-corrected chi connectivity index (χ1v) is 9.57. The SMILES string of the molecule is CC(C)C(Sc1nnc(-c2cccs2)n1CCC(N)=O)C(=O)NC(N)=O. The number of rotatable bonds is 8. The highest BCUT2D eigenvalue weighted by atomic mass is 32.2. The van der Waals surface area contributed by atoms with Gasteiger partial charge in [0.2, 0.25) is 11.8 Å². The molecule has 0 aromatic carbocycles. The molecular formula is C15H20N6O3S2. The van der Waals surface area contributed by atoms with Crippen LogP contribution >= 0.6 is 23.1 Å². The summed E-state index contributed by atoms with van der Waals surface area (Å²) in [7, 11) is 0. The van der Waals surface area contributed by atoms with Crippen LogP contribution in [0.3, 0.4) is 0 Å². The summed E-state index contributed by atoms with van der Waals surface area (Å²) in [5.74, 6) is -0.439. The van der Waals surface area contributed by atoms with E-state index in [1.54, 1.807) is 4.57 Å². The molecule has 0 aliphatic carbocycles. The van der Waals surface area contributed by atoms with E-state index in [2.05, 4.69) is 15.5 Å². The van der Waals surface area contributed by atoms with Crippen LogP contribution in [0.15, 0.2) is 22.7 Å². The zero-order valence-electron chi connectivity index (χ0n) is 14.3. The van der Waals surface area contributed by atoms with Crippen LogP contribution in [0, 0.1) is 5.92 Å². The molecule has 1 atom stereocenters. The Hall–Kier alpha value is -2.40. The number of carbonyl (C=O) groups is 3. The number of nitrogens with two attached hydrogens (primary N) is 2. The number of hydrogen-bond donors (Lipinski definition) is 3. The van der Waals surface area contributed by atoms with E-state index in [1.165, 1.54) is 23.1 Å². The summed E-state index contributed by atoms with van der Waals surface area (Å²) >= 11 is 2.65. The van der Waals surface area contributed by atoms with E-state index in [0.717, 1.165) is 4.88 Å². The smallest absolute Gasteiger partial charge is 0.318 e. The third-order valence-electron chi connectivity index (χ3n) is 3.38. The molecule has 2 rings (SSSR count). The molecule has 0 bridgehead atoms. The molecule has 0 saturated heterocycles. The maximum Gasteiger partial charge on any atom is 0.318 e. The number of urea groups is 1. The highest BCUT2D eigenvalue weighted by molar-refractivity contribution is 8.00. The zero-order chi connectivity index (χ0) is 19.3. The topological polar surface area (TPSA) is 146 Å². The number of aromatic nitrogens is 3. The Kier molecular flexibility index (Phi) is 6.75. The van der Waals surface area contributed by atoms with E-state index in [1.807, 2.05) is 31.4 Å². The first kappa shape index (κ1) is 19.9. The molecule has 5 N–H and O–H groups in total. The van der Waals surface area contributed by atoms with Crippen molar-refractivity contribution in [3.63, 3.8) is 0 Å². The van der Waals surface area contributed by atoms with Gasteiger partial charge in [0.05, 0.1) is 10.1 Å². The van der Waals surface area contributed by atoms with Crippen LogP contribution in [0.1, 0.15) is 20.3 Å². The van der Waals surface area contributed by atoms with Crippen molar-refractivity contribution in [2.24, 2.45) is 17.4 Å². The molecule has 0 radical (unpaired) electrons. The molecule has 1 unspecified atom stereocenters. The molecule has 2 heterocycles. The summed E-state index contributed by atoms with van der Waals surface area (Å²) in [4.78, 5) is 35.3. The van der Waals surface area contributed by atoms with Crippen LogP contribution in [-0.2, 0) is 16.1 Å². The van der Waals surface area contributed by atoms with Gasteiger partial charge in [-0.2, -0.15) is 0 Å². The van der Waals surface area contributed by atoms with Gasteiger partial charge in [-0.3, -0.25) is 14.9 Å². The van der Waals surface area contributed by atoms with Crippen LogP contribution in [-0.4, -0.2) is 37.9 Å². The average Bonchev–Trinajstić information content (AvgIpc) is 3.18. The monoisotopic (exact) mass is 396 g/mol. The first-order valence-electron chi connectivity index (χ1n) is 7.82. The van der Waals surface area contributed by atoms with Crippen LogP contribution in [0.2, 0.25) is 0 Å². The second-order valence-electron chi connectivity index (χ2n) is 5.79. The molecule has 0 aliphatic rings. The molecule has 0 spiro atoms. The van der Waals surface area contributed by atoms with Crippen LogP contribution in [0.4, 0.5) is 4.79 Å². The largest absolute Gasteiger partial charge is 0.370 e. The minimum absolute atomic E-state index is 0.0918. The van der Waals surface area contributed by atoms with Gasteiger partial charge in [-0.1, -0.05) is 31.7 Å². The molecule has 4 amide bonds. The minimum Gasteiger partial charge on any atom is -0.370 e. The Morgan fingerprint density at radius 1 is 1.31 bits per heavy atom. The second kappa shape index (κ2) is 8.81. The number of hydrogen-bond acceptors (Lipinski definition) is 7. The van der Waals surface area contributed by atoms with E-state index in [4.69, 9.17) is 11.5 Å². The molecule has 9 nitrogen and oxygen atoms in total. The number of amides is 4. The lowest BCUT2D eigenvalue weighted by molar-refractivity contribution is -0.120. The number of imide groups is 1. The molecule has 2 aromatic rings. The van der Waals surface area contributed by atoms with Crippen molar-refractivity contribution in [3.8, 4) is 10.7 Å². The summed E-state index contributed by atoms with van der Waals surface area (Å²) in [6.45, 7) is 3.99. The Balaban J connectivity index is 2.33. The maximum atomic E-state index is 12.3. The number of carbonyl (C=O) groups excluding carboxylic acids is 3. The molecule has 2 aromatic heterocycles. The molecule has 26 heavy (non-hydrogen) atoms. The number of nitrogens with one attached hydrogen (secondary N) is 1. The first-order chi connectivity index (χ1) is 12.3. The van der Waals surface area contributed by atoms with Gasteiger partial charge in [0, 0.05) is 13.0 Å². The number of thiophene rings is 1. The van der Waals surface area contributed by atoms with Crippen molar-refractivity contribution in [3.05, 3.63) is 17.5 Å². The van der Waals surface area contributed by atoms with Gasteiger partial charge in [0.1, 0.15) is 0 Å². The van der Waals surface area contributed by atoms with Crippen LogP contribution in [0.25, 0.3) is 10.7 Å². The van der Waals surface area contributed by atoms with E-state index in [0.29, 0.717) is 17.5 Å². The summed E-state index contributed by atoms with van der Waals surface area (Å²) < 4.78 is 1.76. The van der Waals surface area contributed by atoms with Gasteiger partial charge in [-0.05, 0) is 17.4 Å². The van der Waals surface area contributed by atoms with Crippen LogP contribution in [0.5, 0.6) is 0 Å². The van der Waals surface area contributed by atoms with Gasteiger partial charge in [-0.25, -0.2) is 4.79 Å². The third kappa shape index (κ3) is 5.05. The fourth-order valence-electron chi connectivity index (χ4n) is 2.19. The lowest BCUT2D eigenvalue weighted by Crippen LogP contribution is -2.42. The van der Waals surface area contributed by atoms with E-state index >= 15 is 0 Å². The minimum atomic E-state index is -0.907. The Morgan fingerprint density at radius 2 is 2.04 bits per heavy atom. The molecule has 0 aliphatic heterocycles. The standard InChI is InChI=1S/C15H20N6O3S2/c1-8(2)11(13(23)18-14(17)24)26-15-20-19-12(9-4-3-7-25-9)21(15)6-5-10(16)22/h3-4,7-8,11H,5-6H2,1-2H3,(H2,16,22)(H3,17,18,23,24). The fourth-order valence-corrected chi connectivity index (χ4v) is 3.96. The predicted molar refractivity (Wildman–Crippen MR) is 99.4 cm³/mol. The summed E-state index contributed by atoms with van der Waals surface area (Å²) in [6.07, 6.45) is 0.115. The normalized spacial score (nSPS) is 12.1. The van der Waals surface area contributed by atoms with E-state index in [9.17, 15) is 14.4 Å². The summed E-state index contributed by atoms with van der Waals surface area (Å²) in [6, 6.07) is 2.87. The van der Waals surface area contributed by atoms with Crippen molar-refractivity contribution in [1.29, 1.82) is 0 Å². The van der Waals surface area contributed by atoms with Gasteiger partial charge < -0.3 is 16.0 Å². The van der Waals surface area contributed by atoms with Gasteiger partial charge in [0.25, 0.3) is 0 Å². The second-order valence-corrected chi connectivity index (χ2v) is 7.84. The number of primary amides is 2. The Bertz CT molecular complexity index is 787. The predicted octanol–water partition coefficient (Wildman–Crippen LogP) is 1.19. The van der Waals surface area contributed by atoms with Gasteiger partial charge in [-0.15, -0.1) is 21.5 Å². The van der Waals surface area contributed by atoms with E-state index < -0.39 is 23.1 Å². The van der Waals surface area contributed by atoms with Crippen molar-refractivity contribution in [2.75, 3.05) is 0 Å². The van der Waals surface area contributed by atoms with E-state index in [-0.39, 0.29) is 12.3 Å². The quantitative estimate of drug-likeness (QED) is 0.571. The number of thioether (sulfide) groups is 1. The molecule has 11 heteroatoms. The lowest BCUT2D eigenvalue weighted by atomic mass is 10.1. The lowest BCUT2D eigenvalue weighted by Gasteiger charge is -2.18. The Morgan fingerprint density at radius 3 is 2.58 bits per heavy atom. The summed E-state index contributed by atoms with van der Waals surface area (Å²) in [5.41, 5.74) is 10.3. The highest BCUT2D eigenvalue weighted by Gasteiger charge is 2.28. The Labute approximate surface area is 158 Å². The van der Waals surface area contributed by atoms with Crippen molar-refractivity contribution in [1.82, 2.24) is 20.1 Å². The molecule has 0 saturated carbocycles. The average molecular weight is 396 g/mol. The van der Waals surface area contributed by atoms with Crippen molar-refractivity contribution >= 4 is 40.9 Å². The fraction of sp³-hybridized carbons (Fsp3) is 0.400. The highest BCUT2D eigenvalue weighted by Crippen LogP contribution is 2.31. The molecule has 0 fully saturated rings. The van der Waals surface area contributed by atoms with Gasteiger partial charge in [0.15, 0.2) is 11.0 Å².